The van der Waals surface area contributed by atoms with Crippen LogP contribution in [0.25, 0.3) is 0 Å². The third-order valence-corrected chi connectivity index (χ3v) is 2.37. The summed E-state index contributed by atoms with van der Waals surface area (Å²) in [7, 11) is 3.57. The second-order valence-corrected chi connectivity index (χ2v) is 3.80. The molecule has 5 heteroatoms. The molecule has 0 aliphatic rings. The molecule has 0 bridgehead atoms. The van der Waals surface area contributed by atoms with Crippen molar-refractivity contribution in [3.8, 4) is 0 Å². The molecule has 0 atom stereocenters. The zero-order valence-corrected chi connectivity index (χ0v) is 10.8. The molecule has 0 amide bonds. The van der Waals surface area contributed by atoms with Crippen LogP contribution in [-0.2, 0) is 22.4 Å². The van der Waals surface area contributed by atoms with Crippen molar-refractivity contribution in [1.82, 2.24) is 15.3 Å². The van der Waals surface area contributed by atoms with E-state index in [9.17, 15) is 0 Å². The summed E-state index contributed by atoms with van der Waals surface area (Å²) in [6.45, 7) is 4.66. The molecule has 1 heterocycles. The van der Waals surface area contributed by atoms with Gasteiger partial charge in [0.2, 0.25) is 0 Å². The zero-order valence-electron chi connectivity index (χ0n) is 10.8. The summed E-state index contributed by atoms with van der Waals surface area (Å²) in [5.74, 6) is 0.832. The molecule has 1 N–H and O–H groups in total. The number of rotatable bonds is 8. The summed E-state index contributed by atoms with van der Waals surface area (Å²) in [6.07, 6.45) is 2.60. The van der Waals surface area contributed by atoms with Crippen LogP contribution < -0.4 is 5.32 Å². The first kappa shape index (κ1) is 14.0. The van der Waals surface area contributed by atoms with Crippen molar-refractivity contribution >= 4 is 0 Å². The molecule has 5 nitrogen and oxygen atoms in total. The van der Waals surface area contributed by atoms with Gasteiger partial charge in [-0.2, -0.15) is 0 Å². The van der Waals surface area contributed by atoms with Gasteiger partial charge in [0.15, 0.2) is 0 Å². The summed E-state index contributed by atoms with van der Waals surface area (Å²) in [5, 5.41) is 3.10. The number of nitrogens with one attached hydrogen (secondary N) is 1. The lowest BCUT2D eigenvalue weighted by molar-refractivity contribution is 0.0716. The molecule has 1 aromatic heterocycles. The van der Waals surface area contributed by atoms with Gasteiger partial charge in [0.05, 0.1) is 25.5 Å². The largest absolute Gasteiger partial charge is 0.382 e. The molecule has 0 aromatic carbocycles. The van der Waals surface area contributed by atoms with E-state index < -0.39 is 0 Å². The summed E-state index contributed by atoms with van der Waals surface area (Å²) >= 11 is 0. The van der Waals surface area contributed by atoms with Gasteiger partial charge in [-0.15, -0.1) is 0 Å². The van der Waals surface area contributed by atoms with Crippen molar-refractivity contribution in [3.63, 3.8) is 0 Å². The van der Waals surface area contributed by atoms with Crippen LogP contribution in [0.1, 0.15) is 17.1 Å². The Morgan fingerprint density at radius 3 is 2.82 bits per heavy atom. The normalized spacial score (nSPS) is 10.8. The van der Waals surface area contributed by atoms with Gasteiger partial charge in [-0.25, -0.2) is 9.97 Å². The first-order chi connectivity index (χ1) is 8.27. The van der Waals surface area contributed by atoms with E-state index in [1.54, 1.807) is 7.11 Å². The lowest BCUT2D eigenvalue weighted by Crippen LogP contribution is -2.12. The smallest absolute Gasteiger partial charge is 0.130 e. The van der Waals surface area contributed by atoms with Gasteiger partial charge >= 0.3 is 0 Å². The van der Waals surface area contributed by atoms with Crippen LogP contribution in [-0.4, -0.2) is 43.9 Å². The molecule has 0 aliphatic heterocycles. The van der Waals surface area contributed by atoms with Crippen molar-refractivity contribution < 1.29 is 9.47 Å². The number of aromatic nitrogens is 2. The number of methoxy groups -OCH3 is 1. The average Bonchev–Trinajstić information content (AvgIpc) is 2.33. The van der Waals surface area contributed by atoms with E-state index in [4.69, 9.17) is 9.47 Å². The van der Waals surface area contributed by atoms with Gasteiger partial charge in [0.25, 0.3) is 0 Å². The van der Waals surface area contributed by atoms with Crippen LogP contribution in [0, 0.1) is 6.92 Å². The lowest BCUT2D eigenvalue weighted by Gasteiger charge is -2.07. The molecular weight excluding hydrogens is 218 g/mol. The van der Waals surface area contributed by atoms with E-state index in [1.807, 2.05) is 20.2 Å². The van der Waals surface area contributed by atoms with Crippen LogP contribution in [0.4, 0.5) is 0 Å². The summed E-state index contributed by atoms with van der Waals surface area (Å²) in [5.41, 5.74) is 2.16. The first-order valence-electron chi connectivity index (χ1n) is 5.80. The molecule has 0 fully saturated rings. The van der Waals surface area contributed by atoms with Gasteiger partial charge in [0, 0.05) is 26.3 Å². The van der Waals surface area contributed by atoms with Crippen molar-refractivity contribution in [1.29, 1.82) is 0 Å². The standard InChI is InChI=1S/C12H21N3O2/c1-10-8-14-12(15-11(10)9-13-2)4-5-17-7-6-16-3/h8,13H,4-7,9H2,1-3H3. The van der Waals surface area contributed by atoms with Crippen molar-refractivity contribution in [2.24, 2.45) is 0 Å². The Kier molecular flexibility index (Phi) is 6.69. The molecule has 0 saturated carbocycles. The van der Waals surface area contributed by atoms with Crippen LogP contribution in [0.3, 0.4) is 0 Å². The summed E-state index contributed by atoms with van der Waals surface area (Å²) in [6, 6.07) is 0. The highest BCUT2D eigenvalue weighted by Crippen LogP contribution is 2.04. The fraction of sp³-hybridized carbons (Fsp3) is 0.667. The molecule has 0 spiro atoms. The third-order valence-electron chi connectivity index (χ3n) is 2.37. The number of hydrogen-bond donors (Lipinski definition) is 1. The van der Waals surface area contributed by atoms with Crippen LogP contribution >= 0.6 is 0 Å². The summed E-state index contributed by atoms with van der Waals surface area (Å²) < 4.78 is 10.3. The number of hydrogen-bond acceptors (Lipinski definition) is 5. The Morgan fingerprint density at radius 2 is 2.12 bits per heavy atom. The first-order valence-corrected chi connectivity index (χ1v) is 5.80. The van der Waals surface area contributed by atoms with Gasteiger partial charge in [-0.05, 0) is 19.5 Å². The van der Waals surface area contributed by atoms with Crippen LogP contribution in [0.15, 0.2) is 6.20 Å². The van der Waals surface area contributed by atoms with Gasteiger partial charge in [-0.3, -0.25) is 0 Å². The van der Waals surface area contributed by atoms with Crippen molar-refractivity contribution in [2.75, 3.05) is 34.0 Å². The van der Waals surface area contributed by atoms with E-state index >= 15 is 0 Å². The Morgan fingerprint density at radius 1 is 1.29 bits per heavy atom. The molecule has 1 rings (SSSR count). The van der Waals surface area contributed by atoms with Gasteiger partial charge < -0.3 is 14.8 Å². The van der Waals surface area contributed by atoms with Gasteiger partial charge in [-0.1, -0.05) is 0 Å². The number of nitrogens with zero attached hydrogens (tertiary/aromatic N) is 2. The predicted molar refractivity (Wildman–Crippen MR) is 65.9 cm³/mol. The topological polar surface area (TPSA) is 56.3 Å². The average molecular weight is 239 g/mol. The molecule has 0 radical (unpaired) electrons. The quantitative estimate of drug-likeness (QED) is 0.677. The minimum absolute atomic E-state index is 0.617. The minimum Gasteiger partial charge on any atom is -0.382 e. The van der Waals surface area contributed by atoms with E-state index in [2.05, 4.69) is 15.3 Å². The van der Waals surface area contributed by atoms with Crippen molar-refractivity contribution in [2.45, 2.75) is 19.9 Å². The monoisotopic (exact) mass is 239 g/mol. The molecule has 0 unspecified atom stereocenters. The third kappa shape index (κ3) is 5.21. The zero-order chi connectivity index (χ0) is 12.5. The van der Waals surface area contributed by atoms with Crippen LogP contribution in [0.2, 0.25) is 0 Å². The highest BCUT2D eigenvalue weighted by molar-refractivity contribution is 5.15. The SMILES string of the molecule is CNCc1nc(CCOCCOC)ncc1C. The Labute approximate surface area is 103 Å². The lowest BCUT2D eigenvalue weighted by atomic mass is 10.2. The van der Waals surface area contributed by atoms with Crippen LogP contribution in [0.5, 0.6) is 0 Å². The highest BCUT2D eigenvalue weighted by atomic mass is 16.5. The predicted octanol–water partition coefficient (Wildman–Crippen LogP) is 0.710. The van der Waals surface area contributed by atoms with E-state index in [0.29, 0.717) is 19.8 Å². The molecule has 1 aromatic rings. The summed E-state index contributed by atoms with van der Waals surface area (Å²) in [4.78, 5) is 8.78. The fourth-order valence-corrected chi connectivity index (χ4v) is 1.39. The maximum Gasteiger partial charge on any atom is 0.130 e. The molecule has 0 aliphatic carbocycles. The molecule has 96 valence electrons. The minimum atomic E-state index is 0.617. The van der Waals surface area contributed by atoms with Crippen molar-refractivity contribution in [3.05, 3.63) is 23.3 Å². The number of aryl methyl sites for hydroxylation is 1. The second kappa shape index (κ2) is 8.11. The maximum atomic E-state index is 5.39. The maximum absolute atomic E-state index is 5.39. The van der Waals surface area contributed by atoms with Gasteiger partial charge in [0.1, 0.15) is 5.82 Å². The molecule has 17 heavy (non-hydrogen) atoms. The van der Waals surface area contributed by atoms with E-state index in [-0.39, 0.29) is 0 Å². The molecule has 0 saturated heterocycles. The fourth-order valence-electron chi connectivity index (χ4n) is 1.39. The molecular formula is C12H21N3O2. The Balaban J connectivity index is 2.40. The van der Waals surface area contributed by atoms with E-state index in [1.165, 1.54) is 0 Å². The highest BCUT2D eigenvalue weighted by Gasteiger charge is 2.03. The Hall–Kier alpha value is -1.04. The van der Waals surface area contributed by atoms with E-state index in [0.717, 1.165) is 30.0 Å². The Bertz CT molecular complexity index is 332. The second-order valence-electron chi connectivity index (χ2n) is 3.80. The number of ether oxygens (including phenoxy) is 2.